The Kier molecular flexibility index (Phi) is 7.90. The lowest BCUT2D eigenvalue weighted by molar-refractivity contribution is -0.135. The molecule has 6 nitrogen and oxygen atoms in total. The standard InChI is InChI=1S/C25H33N3O3S/c29-23(26-14-8-16-27-15-7-6-13-24(27)30)18-28-20-11-4-5-12-21(20)32-22(25(28)31)17-19-9-2-1-3-10-19/h1-3,9-10,17,20-21H,4-8,11-16,18H2,(H,26,29)/b22-17-. The number of hydrogen-bond donors (Lipinski definition) is 1. The number of likely N-dealkylation sites (tertiary alicyclic amines) is 1. The summed E-state index contributed by atoms with van der Waals surface area (Å²) in [7, 11) is 0. The topological polar surface area (TPSA) is 69.7 Å². The summed E-state index contributed by atoms with van der Waals surface area (Å²) in [5.74, 6) is 0.0785. The fourth-order valence-corrected chi connectivity index (χ4v) is 6.34. The van der Waals surface area contributed by atoms with Gasteiger partial charge in [-0.05, 0) is 43.7 Å². The van der Waals surface area contributed by atoms with Gasteiger partial charge in [0.15, 0.2) is 0 Å². The van der Waals surface area contributed by atoms with Crippen LogP contribution < -0.4 is 5.32 Å². The first kappa shape index (κ1) is 22.9. The smallest absolute Gasteiger partial charge is 0.261 e. The van der Waals surface area contributed by atoms with Gasteiger partial charge >= 0.3 is 0 Å². The van der Waals surface area contributed by atoms with E-state index >= 15 is 0 Å². The lowest BCUT2D eigenvalue weighted by Gasteiger charge is -2.43. The minimum atomic E-state index is -0.112. The molecule has 3 fully saturated rings. The molecule has 0 spiro atoms. The van der Waals surface area contributed by atoms with Crippen molar-refractivity contribution in [1.29, 1.82) is 0 Å². The predicted octanol–water partition coefficient (Wildman–Crippen LogP) is 3.43. The van der Waals surface area contributed by atoms with Crippen LogP contribution in [0.4, 0.5) is 0 Å². The van der Waals surface area contributed by atoms with Crippen LogP contribution in [-0.2, 0) is 14.4 Å². The molecule has 7 heteroatoms. The maximum atomic E-state index is 13.3. The van der Waals surface area contributed by atoms with Crippen LogP contribution in [0, 0.1) is 0 Å². The molecule has 1 aromatic rings. The van der Waals surface area contributed by atoms with Gasteiger partial charge in [-0.3, -0.25) is 14.4 Å². The van der Waals surface area contributed by atoms with Crippen molar-refractivity contribution in [3.05, 3.63) is 40.8 Å². The van der Waals surface area contributed by atoms with Crippen LogP contribution in [-0.4, -0.2) is 65.0 Å². The number of carbonyl (C=O) groups is 3. The molecule has 3 amide bonds. The molecule has 1 N–H and O–H groups in total. The van der Waals surface area contributed by atoms with Gasteiger partial charge in [0.25, 0.3) is 5.91 Å². The first-order valence-corrected chi connectivity index (χ1v) is 12.8. The second-order valence-corrected chi connectivity index (χ2v) is 10.2. The van der Waals surface area contributed by atoms with Crippen molar-refractivity contribution in [2.75, 3.05) is 26.2 Å². The van der Waals surface area contributed by atoms with Gasteiger partial charge in [0.05, 0.1) is 4.91 Å². The molecule has 4 rings (SSSR count). The minimum absolute atomic E-state index is 0.0314. The van der Waals surface area contributed by atoms with Gasteiger partial charge in [0.1, 0.15) is 6.54 Å². The van der Waals surface area contributed by atoms with E-state index in [2.05, 4.69) is 5.32 Å². The fraction of sp³-hybridized carbons (Fsp3) is 0.560. The van der Waals surface area contributed by atoms with E-state index in [1.165, 1.54) is 6.42 Å². The van der Waals surface area contributed by atoms with E-state index in [4.69, 9.17) is 0 Å². The number of rotatable bonds is 7. The first-order chi connectivity index (χ1) is 15.6. The fourth-order valence-electron chi connectivity index (χ4n) is 4.87. The van der Waals surface area contributed by atoms with Crippen molar-refractivity contribution in [3.8, 4) is 0 Å². The minimum Gasteiger partial charge on any atom is -0.354 e. The van der Waals surface area contributed by atoms with Crippen molar-refractivity contribution < 1.29 is 14.4 Å². The number of thioether (sulfide) groups is 1. The maximum Gasteiger partial charge on any atom is 0.261 e. The van der Waals surface area contributed by atoms with E-state index in [0.29, 0.717) is 24.8 Å². The number of fused-ring (bicyclic) bond motifs is 1. The average molecular weight is 456 g/mol. The average Bonchev–Trinajstić information content (AvgIpc) is 2.81. The zero-order valence-electron chi connectivity index (χ0n) is 18.6. The van der Waals surface area contributed by atoms with Crippen LogP contribution >= 0.6 is 11.8 Å². The number of hydrogen-bond acceptors (Lipinski definition) is 4. The van der Waals surface area contributed by atoms with E-state index < -0.39 is 0 Å². The largest absolute Gasteiger partial charge is 0.354 e. The Morgan fingerprint density at radius 3 is 2.72 bits per heavy atom. The van der Waals surface area contributed by atoms with Crippen LogP contribution in [0.3, 0.4) is 0 Å². The molecule has 1 saturated carbocycles. The van der Waals surface area contributed by atoms with Crippen molar-refractivity contribution >= 4 is 35.6 Å². The highest BCUT2D eigenvalue weighted by atomic mass is 32.2. The molecule has 2 aliphatic heterocycles. The Balaban J connectivity index is 1.34. The molecular formula is C25H33N3O3S. The van der Waals surface area contributed by atoms with E-state index in [0.717, 1.165) is 55.5 Å². The van der Waals surface area contributed by atoms with E-state index in [1.54, 1.807) is 16.7 Å². The van der Waals surface area contributed by atoms with Crippen molar-refractivity contribution in [3.63, 3.8) is 0 Å². The molecule has 0 radical (unpaired) electrons. The highest BCUT2D eigenvalue weighted by Gasteiger charge is 2.41. The number of amides is 3. The predicted molar refractivity (Wildman–Crippen MR) is 128 cm³/mol. The number of carbonyl (C=O) groups excluding carboxylic acids is 3. The summed E-state index contributed by atoms with van der Waals surface area (Å²) in [5, 5.41) is 3.32. The molecule has 0 aromatic heterocycles. The number of nitrogens with one attached hydrogen (secondary N) is 1. The lowest BCUT2D eigenvalue weighted by Crippen LogP contribution is -2.54. The Labute approximate surface area is 194 Å². The van der Waals surface area contributed by atoms with Crippen molar-refractivity contribution in [2.24, 2.45) is 0 Å². The number of piperidine rings is 1. The van der Waals surface area contributed by atoms with E-state index in [9.17, 15) is 14.4 Å². The molecule has 32 heavy (non-hydrogen) atoms. The maximum absolute atomic E-state index is 13.3. The monoisotopic (exact) mass is 455 g/mol. The van der Waals surface area contributed by atoms with Crippen molar-refractivity contribution in [2.45, 2.75) is 62.7 Å². The first-order valence-electron chi connectivity index (χ1n) is 11.9. The summed E-state index contributed by atoms with van der Waals surface area (Å²) in [5.41, 5.74) is 1.01. The zero-order valence-corrected chi connectivity index (χ0v) is 19.4. The summed E-state index contributed by atoms with van der Waals surface area (Å²) < 4.78 is 0. The summed E-state index contributed by atoms with van der Waals surface area (Å²) in [6.45, 7) is 2.15. The summed E-state index contributed by atoms with van der Waals surface area (Å²) in [6.07, 6.45) is 9.72. The third-order valence-corrected chi connectivity index (χ3v) is 7.98. The SMILES string of the molecule is O=C(CN1C(=O)/C(=C/c2ccccc2)SC2CCCCC21)NCCCN1CCCCC1=O. The second-order valence-electron chi connectivity index (χ2n) is 8.90. The Hall–Kier alpha value is -2.28. The molecule has 2 unspecified atom stereocenters. The molecule has 1 aromatic carbocycles. The molecule has 3 aliphatic rings. The normalized spacial score (nSPS) is 25.1. The summed E-state index contributed by atoms with van der Waals surface area (Å²) in [6, 6.07) is 10.0. The second kappa shape index (κ2) is 11.0. The molecule has 172 valence electrons. The third kappa shape index (κ3) is 5.74. The number of nitrogens with zero attached hydrogens (tertiary/aromatic N) is 2. The van der Waals surface area contributed by atoms with Gasteiger partial charge in [0, 0.05) is 37.3 Å². The quantitative estimate of drug-likeness (QED) is 0.505. The van der Waals surface area contributed by atoms with Crippen LogP contribution in [0.5, 0.6) is 0 Å². The Morgan fingerprint density at radius 2 is 1.91 bits per heavy atom. The van der Waals surface area contributed by atoms with Crippen LogP contribution in [0.15, 0.2) is 35.2 Å². The van der Waals surface area contributed by atoms with Crippen LogP contribution in [0.1, 0.15) is 56.9 Å². The summed E-state index contributed by atoms with van der Waals surface area (Å²) in [4.78, 5) is 42.3. The Morgan fingerprint density at radius 1 is 1.09 bits per heavy atom. The highest BCUT2D eigenvalue weighted by Crippen LogP contribution is 2.42. The highest BCUT2D eigenvalue weighted by molar-refractivity contribution is 8.04. The lowest BCUT2D eigenvalue weighted by atomic mass is 9.93. The summed E-state index contributed by atoms with van der Waals surface area (Å²) >= 11 is 1.69. The van der Waals surface area contributed by atoms with Gasteiger partial charge in [-0.2, -0.15) is 0 Å². The van der Waals surface area contributed by atoms with Gasteiger partial charge < -0.3 is 15.1 Å². The zero-order chi connectivity index (χ0) is 22.3. The van der Waals surface area contributed by atoms with E-state index in [-0.39, 0.29) is 30.3 Å². The van der Waals surface area contributed by atoms with Gasteiger partial charge in [-0.1, -0.05) is 43.2 Å². The molecular weight excluding hydrogens is 422 g/mol. The molecule has 0 bridgehead atoms. The van der Waals surface area contributed by atoms with E-state index in [1.807, 2.05) is 41.3 Å². The van der Waals surface area contributed by atoms with Crippen LogP contribution in [0.25, 0.3) is 6.08 Å². The van der Waals surface area contributed by atoms with Crippen LogP contribution in [0.2, 0.25) is 0 Å². The van der Waals surface area contributed by atoms with Gasteiger partial charge in [-0.25, -0.2) is 0 Å². The molecule has 2 atom stereocenters. The molecule has 1 aliphatic carbocycles. The molecule has 2 saturated heterocycles. The van der Waals surface area contributed by atoms with Gasteiger partial charge in [-0.15, -0.1) is 11.8 Å². The number of benzene rings is 1. The third-order valence-electron chi connectivity index (χ3n) is 6.58. The Bertz CT molecular complexity index is 857. The van der Waals surface area contributed by atoms with Crippen molar-refractivity contribution in [1.82, 2.24) is 15.1 Å². The molecule has 2 heterocycles. The van der Waals surface area contributed by atoms with Gasteiger partial charge in [0.2, 0.25) is 11.8 Å².